The van der Waals surface area contributed by atoms with Crippen molar-refractivity contribution in [2.24, 2.45) is 0 Å². The molecule has 1 aromatic heterocycles. The van der Waals surface area contributed by atoms with Crippen molar-refractivity contribution >= 4 is 43.1 Å². The van der Waals surface area contributed by atoms with E-state index < -0.39 is 0 Å². The summed E-state index contributed by atoms with van der Waals surface area (Å²) in [6.07, 6.45) is 3.50. The van der Waals surface area contributed by atoms with Crippen LogP contribution in [0.5, 0.6) is 0 Å². The summed E-state index contributed by atoms with van der Waals surface area (Å²) in [4.78, 5) is 3.78. The second kappa shape index (κ2) is 11.8. The maximum absolute atomic E-state index is 3.78. The molecule has 0 fully saturated rings. The summed E-state index contributed by atoms with van der Waals surface area (Å²) in [5.41, 5.74) is 0. The van der Waals surface area contributed by atoms with Crippen LogP contribution in [0.25, 0.3) is 0 Å². The van der Waals surface area contributed by atoms with Crippen molar-refractivity contribution in [2.75, 3.05) is 0 Å². The zero-order valence-electron chi connectivity index (χ0n) is 5.04. The van der Waals surface area contributed by atoms with Crippen molar-refractivity contribution in [3.63, 3.8) is 0 Å². The van der Waals surface area contributed by atoms with Crippen molar-refractivity contribution in [3.05, 3.63) is 30.6 Å². The van der Waals surface area contributed by atoms with Gasteiger partial charge < -0.3 is 0 Å². The molecule has 0 aromatic carbocycles. The Morgan fingerprint density at radius 1 is 0.889 bits per heavy atom. The summed E-state index contributed by atoms with van der Waals surface area (Å²) in [6.45, 7) is 0. The van der Waals surface area contributed by atoms with E-state index in [-0.39, 0.29) is 60.1 Å². The summed E-state index contributed by atoms with van der Waals surface area (Å²) in [5.74, 6) is 0. The molecule has 9 heavy (non-hydrogen) atoms. The van der Waals surface area contributed by atoms with Crippen molar-refractivity contribution in [2.45, 2.75) is 0 Å². The van der Waals surface area contributed by atoms with Gasteiger partial charge in [0.25, 0.3) is 0 Å². The van der Waals surface area contributed by atoms with E-state index in [2.05, 4.69) is 4.98 Å². The van der Waals surface area contributed by atoms with Crippen LogP contribution in [0, 0.1) is 0 Å². The number of pyridine rings is 1. The van der Waals surface area contributed by atoms with Gasteiger partial charge in [0.1, 0.15) is 0 Å². The molecule has 1 nitrogen and oxygen atoms in total. The Bertz CT molecular complexity index is 88.9. The fourth-order valence-corrected chi connectivity index (χ4v) is 0.313. The second-order valence-electron chi connectivity index (χ2n) is 1.02. The molecule has 0 saturated carbocycles. The van der Waals surface area contributed by atoms with Crippen LogP contribution < -0.4 is 0 Å². The van der Waals surface area contributed by atoms with E-state index in [0.29, 0.717) is 0 Å². The quantitative estimate of drug-likeness (QED) is 0.573. The average Bonchev–Trinajstić information content (AvgIpc) is 1.72. The van der Waals surface area contributed by atoms with Crippen LogP contribution in [-0.4, -0.2) is 34.5 Å². The number of hydrogen-bond donors (Lipinski definition) is 0. The molecule has 0 N–H and O–H groups in total. The first-order chi connectivity index (χ1) is 3.00. The standard InChI is InChI=1S/C5H5N.Cu.Na.S/c1-2-4-6-5-3-1;;;/h1-5H;;;. The molecule has 0 saturated heterocycles. The molecule has 0 amide bonds. The number of nitrogens with zero attached hydrogens (tertiary/aromatic N) is 1. The third-order valence-electron chi connectivity index (χ3n) is 0.566. The maximum atomic E-state index is 3.78. The Hall–Kier alpha value is 1.02. The molecule has 0 atom stereocenters. The van der Waals surface area contributed by atoms with Gasteiger partial charge in [-0.3, -0.25) is 4.98 Å². The Labute approximate surface area is 94.9 Å². The smallest absolute Gasteiger partial charge is 0.0267 e. The van der Waals surface area contributed by atoms with Crippen molar-refractivity contribution in [3.8, 4) is 0 Å². The normalized spacial score (nSPS) is 5.33. The van der Waals surface area contributed by atoms with E-state index in [4.69, 9.17) is 0 Å². The Kier molecular flexibility index (Phi) is 21.6. The summed E-state index contributed by atoms with van der Waals surface area (Å²) in [6, 6.07) is 5.72. The first-order valence-electron chi connectivity index (χ1n) is 1.85. The first-order valence-corrected chi connectivity index (χ1v) is 1.85. The molecule has 0 unspecified atom stereocenters. The van der Waals surface area contributed by atoms with E-state index in [1.165, 1.54) is 0 Å². The zero-order valence-corrected chi connectivity index (χ0v) is 8.80. The van der Waals surface area contributed by atoms with Gasteiger partial charge in [-0.15, -0.1) is 0 Å². The van der Waals surface area contributed by atoms with Gasteiger partial charge in [0.05, 0.1) is 0 Å². The van der Waals surface area contributed by atoms with Crippen LogP contribution in [0.3, 0.4) is 0 Å². The van der Waals surface area contributed by atoms with Gasteiger partial charge in [-0.05, 0) is 12.1 Å². The summed E-state index contributed by atoms with van der Waals surface area (Å²) < 4.78 is 0. The molecule has 1 heterocycles. The van der Waals surface area contributed by atoms with Crippen LogP contribution >= 0.6 is 13.5 Å². The summed E-state index contributed by atoms with van der Waals surface area (Å²) in [5, 5.41) is 0. The molecule has 0 aliphatic carbocycles. The minimum Gasteiger partial charge on any atom is -0.265 e. The first kappa shape index (κ1) is 16.5. The van der Waals surface area contributed by atoms with Crippen LogP contribution in [-0.2, 0) is 17.1 Å². The molecular formula is C5H5CuNNaS. The largest absolute Gasteiger partial charge is 0.265 e. The van der Waals surface area contributed by atoms with Crippen molar-refractivity contribution in [1.29, 1.82) is 0 Å². The average molecular weight is 198 g/mol. The zero-order chi connectivity index (χ0) is 4.24. The van der Waals surface area contributed by atoms with Gasteiger partial charge >= 0.3 is 0 Å². The second-order valence-corrected chi connectivity index (χ2v) is 1.02. The van der Waals surface area contributed by atoms with Gasteiger partial charge in [-0.25, -0.2) is 0 Å². The van der Waals surface area contributed by atoms with Crippen LogP contribution in [0.15, 0.2) is 30.6 Å². The van der Waals surface area contributed by atoms with Crippen LogP contribution in [0.2, 0.25) is 0 Å². The fourth-order valence-electron chi connectivity index (χ4n) is 0.313. The van der Waals surface area contributed by atoms with E-state index in [1.54, 1.807) is 12.4 Å². The molecule has 1 aromatic rings. The van der Waals surface area contributed by atoms with Gasteiger partial charge in [0.2, 0.25) is 0 Å². The fraction of sp³-hybridized carbons (Fsp3) is 0. The number of rotatable bonds is 0. The third kappa shape index (κ3) is 9.02. The van der Waals surface area contributed by atoms with E-state index in [0.717, 1.165) is 0 Å². The SMILES string of the molecule is [Cu].[Na].[S].c1ccncc1. The van der Waals surface area contributed by atoms with E-state index >= 15 is 0 Å². The van der Waals surface area contributed by atoms with Gasteiger partial charge in [0.15, 0.2) is 0 Å². The van der Waals surface area contributed by atoms with Crippen molar-refractivity contribution in [1.82, 2.24) is 4.98 Å². The maximum Gasteiger partial charge on any atom is 0.0267 e. The van der Waals surface area contributed by atoms with Crippen molar-refractivity contribution < 1.29 is 17.1 Å². The van der Waals surface area contributed by atoms with Crippen LogP contribution in [0.1, 0.15) is 0 Å². The molecular weight excluding hydrogens is 193 g/mol. The molecule has 0 aliphatic heterocycles. The molecule has 0 aliphatic rings. The van der Waals surface area contributed by atoms with E-state index in [9.17, 15) is 0 Å². The van der Waals surface area contributed by atoms with E-state index in [1.807, 2.05) is 18.2 Å². The van der Waals surface area contributed by atoms with Gasteiger partial charge in [-0.2, -0.15) is 0 Å². The molecule has 0 spiro atoms. The Balaban J connectivity index is -0.000000120. The Morgan fingerprint density at radius 3 is 1.44 bits per heavy atom. The Morgan fingerprint density at radius 2 is 1.33 bits per heavy atom. The van der Waals surface area contributed by atoms with Gasteiger partial charge in [0, 0.05) is 72.5 Å². The molecule has 4 radical (unpaired) electrons. The topological polar surface area (TPSA) is 12.9 Å². The monoisotopic (exact) mass is 197 g/mol. The minimum absolute atomic E-state index is 0. The molecule has 1 rings (SSSR count). The predicted molar refractivity (Wildman–Crippen MR) is 37.6 cm³/mol. The molecule has 0 bridgehead atoms. The van der Waals surface area contributed by atoms with Crippen LogP contribution in [0.4, 0.5) is 0 Å². The predicted octanol–water partition coefficient (Wildman–Crippen LogP) is 1.35. The summed E-state index contributed by atoms with van der Waals surface area (Å²) in [7, 11) is 0. The molecule has 4 heteroatoms. The van der Waals surface area contributed by atoms with Gasteiger partial charge in [-0.1, -0.05) is 6.07 Å². The third-order valence-corrected chi connectivity index (χ3v) is 0.566. The number of hydrogen-bond acceptors (Lipinski definition) is 1. The molecule has 48 valence electrons. The summed E-state index contributed by atoms with van der Waals surface area (Å²) >= 11 is 0. The number of aromatic nitrogens is 1. The minimum atomic E-state index is 0.